The van der Waals surface area contributed by atoms with Gasteiger partial charge in [0.1, 0.15) is 5.54 Å². The molecule has 0 radical (unpaired) electrons. The molecule has 1 aliphatic rings. The van der Waals surface area contributed by atoms with E-state index in [2.05, 4.69) is 5.32 Å². The molecule has 0 spiro atoms. The van der Waals surface area contributed by atoms with Crippen LogP contribution in [0.5, 0.6) is 11.5 Å². The second-order valence-corrected chi connectivity index (χ2v) is 5.29. The lowest BCUT2D eigenvalue weighted by molar-refractivity contribution is -0.131. The van der Waals surface area contributed by atoms with Crippen molar-refractivity contribution in [3.05, 3.63) is 23.8 Å². The van der Waals surface area contributed by atoms with E-state index in [-0.39, 0.29) is 19.1 Å². The van der Waals surface area contributed by atoms with Crippen LogP contribution in [-0.4, -0.2) is 49.3 Å². The third-order valence-corrected chi connectivity index (χ3v) is 4.12. The number of benzene rings is 1. The fourth-order valence-electron chi connectivity index (χ4n) is 2.80. The molecule has 0 bridgehead atoms. The SMILES string of the molecule is CCC1(c2ccc(OC)c(OC)c2)NC(=O)N(CCCO)C1=O. The number of nitrogens with one attached hydrogen (secondary N) is 1. The Hall–Kier alpha value is -2.28. The fraction of sp³-hybridized carbons (Fsp3) is 0.500. The summed E-state index contributed by atoms with van der Waals surface area (Å²) in [6.07, 6.45) is 0.758. The van der Waals surface area contributed by atoms with E-state index in [1.54, 1.807) is 18.2 Å². The molecule has 1 atom stereocenters. The zero-order chi connectivity index (χ0) is 17.0. The molecule has 1 aromatic carbocycles. The van der Waals surface area contributed by atoms with Crippen molar-refractivity contribution in [2.45, 2.75) is 25.3 Å². The zero-order valence-corrected chi connectivity index (χ0v) is 13.6. The molecule has 3 amide bonds. The number of ether oxygens (including phenoxy) is 2. The van der Waals surface area contributed by atoms with Crippen LogP contribution in [-0.2, 0) is 10.3 Å². The Bertz CT molecular complexity index is 604. The molecule has 0 saturated carbocycles. The second-order valence-electron chi connectivity index (χ2n) is 5.29. The fourth-order valence-corrected chi connectivity index (χ4v) is 2.80. The Balaban J connectivity index is 2.42. The molecule has 1 unspecified atom stereocenters. The van der Waals surface area contributed by atoms with E-state index in [1.807, 2.05) is 6.92 Å². The van der Waals surface area contributed by atoms with Gasteiger partial charge in [-0.1, -0.05) is 13.0 Å². The minimum atomic E-state index is -1.12. The summed E-state index contributed by atoms with van der Waals surface area (Å²) in [7, 11) is 3.05. The van der Waals surface area contributed by atoms with Gasteiger partial charge < -0.3 is 19.9 Å². The molecule has 126 valence electrons. The first kappa shape index (κ1) is 17.1. The van der Waals surface area contributed by atoms with Crippen LogP contribution >= 0.6 is 0 Å². The maximum atomic E-state index is 12.8. The topological polar surface area (TPSA) is 88.1 Å². The highest BCUT2D eigenvalue weighted by molar-refractivity contribution is 6.07. The predicted octanol–water partition coefficient (Wildman–Crippen LogP) is 1.24. The van der Waals surface area contributed by atoms with Crippen molar-refractivity contribution in [1.29, 1.82) is 0 Å². The molecule has 1 aromatic rings. The molecule has 0 aliphatic carbocycles. The van der Waals surface area contributed by atoms with Crippen LogP contribution in [0.15, 0.2) is 18.2 Å². The summed E-state index contributed by atoms with van der Waals surface area (Å²) >= 11 is 0. The minimum absolute atomic E-state index is 0.0768. The van der Waals surface area contributed by atoms with E-state index >= 15 is 0 Å². The highest BCUT2D eigenvalue weighted by atomic mass is 16.5. The third kappa shape index (κ3) is 2.84. The summed E-state index contributed by atoms with van der Waals surface area (Å²) in [4.78, 5) is 26.1. The smallest absolute Gasteiger partial charge is 0.325 e. The van der Waals surface area contributed by atoms with Gasteiger partial charge in [-0.2, -0.15) is 0 Å². The first-order valence-electron chi connectivity index (χ1n) is 7.51. The molecule has 7 heteroatoms. The van der Waals surface area contributed by atoms with Crippen LogP contribution < -0.4 is 14.8 Å². The summed E-state index contributed by atoms with van der Waals surface area (Å²) in [6.45, 7) is 1.95. The number of rotatable bonds is 7. The van der Waals surface area contributed by atoms with E-state index in [9.17, 15) is 9.59 Å². The Kier molecular flexibility index (Phi) is 5.10. The van der Waals surface area contributed by atoms with Gasteiger partial charge >= 0.3 is 6.03 Å². The Morgan fingerprint density at radius 2 is 1.91 bits per heavy atom. The van der Waals surface area contributed by atoms with Gasteiger partial charge in [-0.05, 0) is 30.5 Å². The van der Waals surface area contributed by atoms with E-state index in [0.29, 0.717) is 29.9 Å². The van der Waals surface area contributed by atoms with Crippen molar-refractivity contribution in [3.8, 4) is 11.5 Å². The molecule has 2 N–H and O–H groups in total. The van der Waals surface area contributed by atoms with Crippen molar-refractivity contribution in [1.82, 2.24) is 10.2 Å². The van der Waals surface area contributed by atoms with Gasteiger partial charge in [-0.3, -0.25) is 9.69 Å². The van der Waals surface area contributed by atoms with Gasteiger partial charge in [-0.15, -0.1) is 0 Å². The molecule has 1 saturated heterocycles. The number of carbonyl (C=O) groups excluding carboxylic acids is 2. The first-order chi connectivity index (χ1) is 11.0. The number of hydrogen-bond acceptors (Lipinski definition) is 5. The Labute approximate surface area is 135 Å². The normalized spacial score (nSPS) is 20.6. The summed E-state index contributed by atoms with van der Waals surface area (Å²) in [5.41, 5.74) is -0.478. The number of urea groups is 1. The number of imide groups is 1. The Morgan fingerprint density at radius 1 is 1.22 bits per heavy atom. The zero-order valence-electron chi connectivity index (χ0n) is 13.6. The molecule has 1 aliphatic heterocycles. The van der Waals surface area contributed by atoms with E-state index < -0.39 is 11.6 Å². The average molecular weight is 322 g/mol. The molecule has 2 rings (SSSR count). The molecular formula is C16H22N2O5. The molecule has 23 heavy (non-hydrogen) atoms. The molecular weight excluding hydrogens is 300 g/mol. The van der Waals surface area contributed by atoms with Gasteiger partial charge in [0.15, 0.2) is 11.5 Å². The number of methoxy groups -OCH3 is 2. The highest BCUT2D eigenvalue weighted by Gasteiger charge is 2.51. The van der Waals surface area contributed by atoms with Crippen LogP contribution in [0.1, 0.15) is 25.3 Å². The molecule has 0 aromatic heterocycles. The lowest BCUT2D eigenvalue weighted by Gasteiger charge is -2.26. The summed E-state index contributed by atoms with van der Waals surface area (Å²) in [5, 5.41) is 11.7. The first-order valence-corrected chi connectivity index (χ1v) is 7.51. The van der Waals surface area contributed by atoms with Gasteiger partial charge in [-0.25, -0.2) is 4.79 Å². The van der Waals surface area contributed by atoms with E-state index in [1.165, 1.54) is 14.2 Å². The highest BCUT2D eigenvalue weighted by Crippen LogP contribution is 2.37. The molecule has 1 heterocycles. The van der Waals surface area contributed by atoms with Crippen LogP contribution in [0.4, 0.5) is 4.79 Å². The van der Waals surface area contributed by atoms with Crippen molar-refractivity contribution >= 4 is 11.9 Å². The molecule has 1 fully saturated rings. The standard InChI is InChI=1S/C16H22N2O5/c1-4-16(11-6-7-12(22-2)13(10-11)23-3)14(20)18(8-5-9-19)15(21)17-16/h6-7,10,19H,4-5,8-9H2,1-3H3,(H,17,21). The van der Waals surface area contributed by atoms with Crippen molar-refractivity contribution in [3.63, 3.8) is 0 Å². The lowest BCUT2D eigenvalue weighted by Crippen LogP contribution is -2.43. The maximum absolute atomic E-state index is 12.8. The minimum Gasteiger partial charge on any atom is -0.493 e. The van der Waals surface area contributed by atoms with Crippen LogP contribution in [0, 0.1) is 0 Å². The Morgan fingerprint density at radius 3 is 2.48 bits per heavy atom. The van der Waals surface area contributed by atoms with Crippen LogP contribution in [0.2, 0.25) is 0 Å². The van der Waals surface area contributed by atoms with Crippen LogP contribution in [0.25, 0.3) is 0 Å². The quantitative estimate of drug-likeness (QED) is 0.738. The number of nitrogens with zero attached hydrogens (tertiary/aromatic N) is 1. The average Bonchev–Trinajstić information content (AvgIpc) is 2.83. The van der Waals surface area contributed by atoms with Crippen molar-refractivity contribution < 1.29 is 24.2 Å². The van der Waals surface area contributed by atoms with Gasteiger partial charge in [0.2, 0.25) is 0 Å². The lowest BCUT2D eigenvalue weighted by atomic mass is 9.87. The number of carbonyl (C=O) groups is 2. The number of aliphatic hydroxyl groups is 1. The van der Waals surface area contributed by atoms with E-state index in [0.717, 1.165) is 4.90 Å². The second kappa shape index (κ2) is 6.87. The number of aliphatic hydroxyl groups excluding tert-OH is 1. The predicted molar refractivity (Wildman–Crippen MR) is 83.5 cm³/mol. The van der Waals surface area contributed by atoms with Crippen molar-refractivity contribution in [2.75, 3.05) is 27.4 Å². The van der Waals surface area contributed by atoms with Gasteiger partial charge in [0.05, 0.1) is 14.2 Å². The molecule has 7 nitrogen and oxygen atoms in total. The van der Waals surface area contributed by atoms with Crippen LogP contribution in [0.3, 0.4) is 0 Å². The van der Waals surface area contributed by atoms with Gasteiger partial charge in [0, 0.05) is 13.2 Å². The monoisotopic (exact) mass is 322 g/mol. The summed E-state index contributed by atoms with van der Waals surface area (Å²) in [6, 6.07) is 4.72. The van der Waals surface area contributed by atoms with E-state index in [4.69, 9.17) is 14.6 Å². The third-order valence-electron chi connectivity index (χ3n) is 4.12. The number of amides is 3. The van der Waals surface area contributed by atoms with Crippen molar-refractivity contribution in [2.24, 2.45) is 0 Å². The summed E-state index contributed by atoms with van der Waals surface area (Å²) in [5.74, 6) is 0.732. The number of hydrogen-bond donors (Lipinski definition) is 2. The largest absolute Gasteiger partial charge is 0.493 e. The maximum Gasteiger partial charge on any atom is 0.325 e. The van der Waals surface area contributed by atoms with Gasteiger partial charge in [0.25, 0.3) is 5.91 Å². The summed E-state index contributed by atoms with van der Waals surface area (Å²) < 4.78 is 10.5.